The fourth-order valence-electron chi connectivity index (χ4n) is 6.45. The summed E-state index contributed by atoms with van der Waals surface area (Å²) in [6.07, 6.45) is -1.78. The molecule has 0 spiro atoms. The molecule has 4 aromatic carbocycles. The number of halogens is 3. The van der Waals surface area contributed by atoms with E-state index in [-0.39, 0.29) is 5.69 Å². The first-order chi connectivity index (χ1) is 21.9. The highest BCUT2D eigenvalue weighted by molar-refractivity contribution is 5.80. The van der Waals surface area contributed by atoms with Crippen molar-refractivity contribution >= 4 is 11.2 Å². The highest BCUT2D eigenvalue weighted by Gasteiger charge is 2.42. The van der Waals surface area contributed by atoms with Crippen LogP contribution in [0.4, 0.5) is 13.2 Å². The molecule has 1 fully saturated rings. The van der Waals surface area contributed by atoms with Gasteiger partial charge in [-0.1, -0.05) is 103 Å². The van der Waals surface area contributed by atoms with Crippen LogP contribution >= 0.6 is 0 Å². The van der Waals surface area contributed by atoms with Gasteiger partial charge in [0.1, 0.15) is 5.54 Å². The van der Waals surface area contributed by atoms with Crippen molar-refractivity contribution in [3.05, 3.63) is 160 Å². The van der Waals surface area contributed by atoms with Gasteiger partial charge in [0.15, 0.2) is 5.65 Å². The van der Waals surface area contributed by atoms with E-state index in [9.17, 15) is 18.0 Å². The number of rotatable bonds is 8. The van der Waals surface area contributed by atoms with Gasteiger partial charge in [0.05, 0.1) is 11.1 Å². The van der Waals surface area contributed by atoms with E-state index in [0.717, 1.165) is 48.3 Å². The largest absolute Gasteiger partial charge is 0.416 e. The molecule has 7 rings (SSSR count). The Bertz CT molecular complexity index is 1900. The van der Waals surface area contributed by atoms with Crippen LogP contribution in [0.2, 0.25) is 0 Å². The van der Waals surface area contributed by atoms with Crippen LogP contribution in [0.25, 0.3) is 22.3 Å². The lowest BCUT2D eigenvalue weighted by Crippen LogP contribution is -2.45. The van der Waals surface area contributed by atoms with Crippen LogP contribution in [0.5, 0.6) is 0 Å². The van der Waals surface area contributed by atoms with Crippen molar-refractivity contribution in [2.75, 3.05) is 19.6 Å². The van der Waals surface area contributed by atoms with Crippen LogP contribution in [0.1, 0.15) is 28.7 Å². The summed E-state index contributed by atoms with van der Waals surface area (Å²) in [6.45, 7) is 3.05. The molecule has 1 aliphatic rings. The van der Waals surface area contributed by atoms with Crippen LogP contribution in [0.15, 0.2) is 132 Å². The SMILES string of the molecule is O=c1n(CCN2CCC2)c2cc(-c3cccc(C(F)(F)F)c3)cnc2n1C(c1ccccc1)(c1ccccc1)c1ccccc1. The van der Waals surface area contributed by atoms with E-state index in [1.165, 1.54) is 6.07 Å². The van der Waals surface area contributed by atoms with Gasteiger partial charge in [-0.2, -0.15) is 13.2 Å². The van der Waals surface area contributed by atoms with Crippen LogP contribution in [0, 0.1) is 0 Å². The minimum atomic E-state index is -4.48. The Kier molecular flexibility index (Phi) is 7.37. The monoisotopic (exact) mass is 604 g/mol. The van der Waals surface area contributed by atoms with Gasteiger partial charge in [-0.15, -0.1) is 0 Å². The number of likely N-dealkylation sites (tertiary alicyclic amines) is 1. The summed E-state index contributed by atoms with van der Waals surface area (Å²) < 4.78 is 44.4. The smallest absolute Gasteiger partial charge is 0.301 e. The lowest BCUT2D eigenvalue weighted by molar-refractivity contribution is -0.137. The molecule has 0 saturated carbocycles. The molecule has 0 N–H and O–H groups in total. The molecule has 8 heteroatoms. The molecule has 0 unspecified atom stereocenters. The Balaban J connectivity index is 1.54. The fraction of sp³-hybridized carbons (Fsp3) is 0.189. The van der Waals surface area contributed by atoms with Gasteiger partial charge in [-0.25, -0.2) is 9.78 Å². The van der Waals surface area contributed by atoms with Crippen LogP contribution < -0.4 is 5.69 Å². The molecule has 6 aromatic rings. The number of pyridine rings is 1. The number of fused-ring (bicyclic) bond motifs is 1. The maximum absolute atomic E-state index is 14.9. The average Bonchev–Trinajstić information content (AvgIpc) is 3.32. The summed E-state index contributed by atoms with van der Waals surface area (Å²) in [4.78, 5) is 22.1. The van der Waals surface area contributed by atoms with Crippen LogP contribution in [-0.2, 0) is 18.3 Å². The highest BCUT2D eigenvalue weighted by Crippen LogP contribution is 2.42. The molecular formula is C37H31F3N4O. The minimum Gasteiger partial charge on any atom is -0.301 e. The zero-order valence-corrected chi connectivity index (χ0v) is 24.5. The number of imidazole rings is 1. The summed E-state index contributed by atoms with van der Waals surface area (Å²) in [7, 11) is 0. The third kappa shape index (κ3) is 5.05. The second-order valence-electron chi connectivity index (χ2n) is 11.4. The molecule has 1 aliphatic heterocycles. The number of hydrogen-bond acceptors (Lipinski definition) is 3. The van der Waals surface area contributed by atoms with Crippen LogP contribution in [-0.4, -0.2) is 38.7 Å². The second kappa shape index (κ2) is 11.5. The van der Waals surface area contributed by atoms with Gasteiger partial charge >= 0.3 is 11.9 Å². The molecule has 0 atom stereocenters. The van der Waals surface area contributed by atoms with Gasteiger partial charge in [-0.05, 0) is 60.0 Å². The minimum absolute atomic E-state index is 0.240. The van der Waals surface area contributed by atoms with Crippen molar-refractivity contribution in [2.24, 2.45) is 0 Å². The van der Waals surface area contributed by atoms with Crippen molar-refractivity contribution in [1.82, 2.24) is 19.0 Å². The van der Waals surface area contributed by atoms with Crippen molar-refractivity contribution < 1.29 is 13.2 Å². The maximum atomic E-state index is 14.9. The Morgan fingerprint density at radius 3 is 1.71 bits per heavy atom. The molecule has 45 heavy (non-hydrogen) atoms. The Morgan fingerprint density at radius 2 is 1.20 bits per heavy atom. The first-order valence-corrected chi connectivity index (χ1v) is 15.1. The van der Waals surface area contributed by atoms with Gasteiger partial charge in [0, 0.05) is 24.8 Å². The zero-order chi connectivity index (χ0) is 31.0. The quantitative estimate of drug-likeness (QED) is 0.170. The Labute approximate surface area is 258 Å². The lowest BCUT2D eigenvalue weighted by atomic mass is 9.76. The molecule has 0 radical (unpaired) electrons. The van der Waals surface area contributed by atoms with E-state index in [1.54, 1.807) is 27.5 Å². The summed E-state index contributed by atoms with van der Waals surface area (Å²) in [5.41, 5.74) is 2.51. The zero-order valence-electron chi connectivity index (χ0n) is 24.5. The maximum Gasteiger partial charge on any atom is 0.416 e. The summed E-state index contributed by atoms with van der Waals surface area (Å²) in [6, 6.07) is 36.8. The van der Waals surface area contributed by atoms with Crippen molar-refractivity contribution in [1.29, 1.82) is 0 Å². The topological polar surface area (TPSA) is 43.1 Å². The van der Waals surface area contributed by atoms with E-state index in [2.05, 4.69) is 4.90 Å². The van der Waals surface area contributed by atoms with E-state index in [1.807, 2.05) is 91.0 Å². The Hall–Kier alpha value is -4.95. The molecule has 1 saturated heterocycles. The van der Waals surface area contributed by atoms with Crippen molar-refractivity contribution in [3.63, 3.8) is 0 Å². The summed E-state index contributed by atoms with van der Waals surface area (Å²) in [5, 5.41) is 0. The fourth-order valence-corrected chi connectivity index (χ4v) is 6.45. The van der Waals surface area contributed by atoms with Crippen molar-refractivity contribution in [2.45, 2.75) is 24.7 Å². The second-order valence-corrected chi connectivity index (χ2v) is 11.4. The normalized spacial score (nSPS) is 14.0. The number of hydrogen-bond donors (Lipinski definition) is 0. The average molecular weight is 605 g/mol. The standard InChI is InChI=1S/C37H31F3N4O/c38-37(39,40)32-19-10-12-27(24-32)28-25-33-34(41-26-28)44(35(45)43(33)23-22-42-20-11-21-42)36(29-13-4-1-5-14-29,30-15-6-2-7-16-30)31-17-8-3-9-18-31/h1-10,12-19,24-26H,11,20-23H2. The highest BCUT2D eigenvalue weighted by atomic mass is 19.4. The van der Waals surface area contributed by atoms with Crippen LogP contribution in [0.3, 0.4) is 0 Å². The van der Waals surface area contributed by atoms with E-state index >= 15 is 0 Å². The third-order valence-corrected chi connectivity index (χ3v) is 8.79. The molecule has 0 amide bonds. The lowest BCUT2D eigenvalue weighted by Gasteiger charge is -2.37. The summed E-state index contributed by atoms with van der Waals surface area (Å²) >= 11 is 0. The summed E-state index contributed by atoms with van der Waals surface area (Å²) in [5.74, 6) is 0. The Morgan fingerprint density at radius 1 is 0.644 bits per heavy atom. The molecule has 226 valence electrons. The molecular weight excluding hydrogens is 573 g/mol. The predicted octanol–water partition coefficient (Wildman–Crippen LogP) is 7.43. The number of alkyl halides is 3. The third-order valence-electron chi connectivity index (χ3n) is 8.79. The molecule has 5 nitrogen and oxygen atoms in total. The first kappa shape index (κ1) is 28.8. The molecule has 0 aliphatic carbocycles. The predicted molar refractivity (Wildman–Crippen MR) is 170 cm³/mol. The van der Waals surface area contributed by atoms with E-state index in [0.29, 0.717) is 35.4 Å². The molecule has 0 bridgehead atoms. The molecule has 2 aromatic heterocycles. The van der Waals surface area contributed by atoms with E-state index < -0.39 is 17.3 Å². The van der Waals surface area contributed by atoms with Gasteiger partial charge in [0.25, 0.3) is 0 Å². The van der Waals surface area contributed by atoms with Gasteiger partial charge < -0.3 is 4.90 Å². The number of nitrogens with zero attached hydrogens (tertiary/aromatic N) is 4. The first-order valence-electron chi connectivity index (χ1n) is 15.1. The molecule has 3 heterocycles. The van der Waals surface area contributed by atoms with E-state index in [4.69, 9.17) is 4.98 Å². The van der Waals surface area contributed by atoms with Gasteiger partial charge in [0.2, 0.25) is 0 Å². The van der Waals surface area contributed by atoms with Crippen molar-refractivity contribution in [3.8, 4) is 11.1 Å². The number of benzene rings is 4. The van der Waals surface area contributed by atoms with Gasteiger partial charge in [-0.3, -0.25) is 9.13 Å². The number of aromatic nitrogens is 3.